The Kier molecular flexibility index (Phi) is 8.15. The molecule has 0 saturated carbocycles. The van der Waals surface area contributed by atoms with Gasteiger partial charge in [0.25, 0.3) is 0 Å². The van der Waals surface area contributed by atoms with E-state index in [1.54, 1.807) is 0 Å². The summed E-state index contributed by atoms with van der Waals surface area (Å²) in [5.74, 6) is 0. The summed E-state index contributed by atoms with van der Waals surface area (Å²) < 4.78 is 3.26. The second kappa shape index (κ2) is 9.06. The Morgan fingerprint density at radius 3 is 2.10 bits per heavy atom. The molecule has 0 saturated heterocycles. The molecule has 0 radical (unpaired) electrons. The Bertz CT molecular complexity index is 367. The SMILES string of the molecule is CCCCCCC(C)(CCCCC)c1cn(C)c(I)n1. The molecule has 3 heteroatoms. The second-order valence-electron chi connectivity index (χ2n) is 6.33. The van der Waals surface area contributed by atoms with E-state index in [1.807, 2.05) is 0 Å². The van der Waals surface area contributed by atoms with Crippen LogP contribution in [0.15, 0.2) is 6.20 Å². The molecule has 0 bridgehead atoms. The van der Waals surface area contributed by atoms with Crippen LogP contribution in [0.3, 0.4) is 0 Å². The normalized spacial score (nSPS) is 14.4. The van der Waals surface area contributed by atoms with Gasteiger partial charge in [-0.05, 0) is 35.4 Å². The number of imidazole rings is 1. The van der Waals surface area contributed by atoms with Gasteiger partial charge >= 0.3 is 0 Å². The number of rotatable bonds is 10. The van der Waals surface area contributed by atoms with E-state index >= 15 is 0 Å². The number of hydrogen-bond donors (Lipinski definition) is 0. The topological polar surface area (TPSA) is 17.8 Å². The monoisotopic (exact) mass is 390 g/mol. The van der Waals surface area contributed by atoms with Crippen LogP contribution in [0.1, 0.15) is 84.3 Å². The van der Waals surface area contributed by atoms with Crippen molar-refractivity contribution in [1.82, 2.24) is 9.55 Å². The van der Waals surface area contributed by atoms with E-state index in [4.69, 9.17) is 4.98 Å². The molecule has 20 heavy (non-hydrogen) atoms. The lowest BCUT2D eigenvalue weighted by molar-refractivity contribution is 0.357. The first kappa shape index (κ1) is 18.0. The first-order chi connectivity index (χ1) is 9.53. The molecule has 0 aliphatic heterocycles. The van der Waals surface area contributed by atoms with Gasteiger partial charge < -0.3 is 4.57 Å². The van der Waals surface area contributed by atoms with Gasteiger partial charge in [-0.15, -0.1) is 0 Å². The molecule has 1 aromatic rings. The highest BCUT2D eigenvalue weighted by atomic mass is 127. The summed E-state index contributed by atoms with van der Waals surface area (Å²) in [5, 5.41) is 0. The predicted octanol–water partition coefficient (Wildman–Crippen LogP) is 5.83. The van der Waals surface area contributed by atoms with E-state index < -0.39 is 0 Å². The summed E-state index contributed by atoms with van der Waals surface area (Å²) in [6, 6.07) is 0. The molecular weight excluding hydrogens is 359 g/mol. The molecule has 0 aromatic carbocycles. The third kappa shape index (κ3) is 5.38. The van der Waals surface area contributed by atoms with Crippen LogP contribution in [0, 0.1) is 3.83 Å². The van der Waals surface area contributed by atoms with Crippen molar-refractivity contribution < 1.29 is 0 Å². The Morgan fingerprint density at radius 1 is 1.05 bits per heavy atom. The lowest BCUT2D eigenvalue weighted by atomic mass is 9.77. The van der Waals surface area contributed by atoms with Gasteiger partial charge in [0.1, 0.15) is 0 Å². The largest absolute Gasteiger partial charge is 0.329 e. The van der Waals surface area contributed by atoms with Crippen molar-refractivity contribution in [3.63, 3.8) is 0 Å². The van der Waals surface area contributed by atoms with Gasteiger partial charge in [0.2, 0.25) is 0 Å². The number of nitrogens with zero attached hydrogens (tertiary/aromatic N) is 2. The fraction of sp³-hybridized carbons (Fsp3) is 0.824. The quantitative estimate of drug-likeness (QED) is 0.363. The molecule has 1 unspecified atom stereocenters. The molecule has 1 heterocycles. The van der Waals surface area contributed by atoms with E-state index in [2.05, 4.69) is 61.2 Å². The third-order valence-corrected chi connectivity index (χ3v) is 5.35. The van der Waals surface area contributed by atoms with Crippen molar-refractivity contribution in [3.05, 3.63) is 15.7 Å². The number of aromatic nitrogens is 2. The minimum absolute atomic E-state index is 0.268. The van der Waals surface area contributed by atoms with Gasteiger partial charge in [-0.2, -0.15) is 0 Å². The van der Waals surface area contributed by atoms with E-state index in [1.165, 1.54) is 63.5 Å². The van der Waals surface area contributed by atoms with Crippen LogP contribution in [0.4, 0.5) is 0 Å². The summed E-state index contributed by atoms with van der Waals surface area (Å²) in [4.78, 5) is 4.81. The smallest absolute Gasteiger partial charge is 0.171 e. The summed E-state index contributed by atoms with van der Waals surface area (Å²) >= 11 is 2.33. The highest BCUT2D eigenvalue weighted by Crippen LogP contribution is 2.34. The number of unbranched alkanes of at least 4 members (excludes halogenated alkanes) is 5. The van der Waals surface area contributed by atoms with Crippen molar-refractivity contribution in [1.29, 1.82) is 0 Å². The molecule has 0 amide bonds. The van der Waals surface area contributed by atoms with E-state index in [-0.39, 0.29) is 5.41 Å². The van der Waals surface area contributed by atoms with Crippen LogP contribution in [0.5, 0.6) is 0 Å². The summed E-state index contributed by atoms with van der Waals surface area (Å²) in [7, 11) is 2.10. The molecule has 0 spiro atoms. The van der Waals surface area contributed by atoms with Gasteiger partial charge in [-0.25, -0.2) is 4.98 Å². The molecule has 2 nitrogen and oxygen atoms in total. The van der Waals surface area contributed by atoms with Crippen molar-refractivity contribution in [3.8, 4) is 0 Å². The van der Waals surface area contributed by atoms with Gasteiger partial charge in [-0.3, -0.25) is 0 Å². The number of hydrogen-bond acceptors (Lipinski definition) is 1. The average molecular weight is 390 g/mol. The lowest BCUT2D eigenvalue weighted by Crippen LogP contribution is -2.22. The van der Waals surface area contributed by atoms with Crippen molar-refractivity contribution in [2.45, 2.75) is 84.0 Å². The van der Waals surface area contributed by atoms with E-state index in [9.17, 15) is 0 Å². The highest BCUT2D eigenvalue weighted by molar-refractivity contribution is 14.1. The Morgan fingerprint density at radius 2 is 1.60 bits per heavy atom. The fourth-order valence-electron chi connectivity index (χ4n) is 2.82. The van der Waals surface area contributed by atoms with Crippen LogP contribution in [-0.2, 0) is 12.5 Å². The first-order valence-electron chi connectivity index (χ1n) is 8.23. The maximum absolute atomic E-state index is 4.81. The van der Waals surface area contributed by atoms with Crippen LogP contribution >= 0.6 is 22.6 Å². The van der Waals surface area contributed by atoms with Crippen LogP contribution in [-0.4, -0.2) is 9.55 Å². The molecule has 1 rings (SSSR count). The minimum Gasteiger partial charge on any atom is -0.329 e. The summed E-state index contributed by atoms with van der Waals surface area (Å²) in [5.41, 5.74) is 1.57. The van der Waals surface area contributed by atoms with Gasteiger partial charge in [-0.1, -0.05) is 65.7 Å². The van der Waals surface area contributed by atoms with Crippen LogP contribution < -0.4 is 0 Å². The van der Waals surface area contributed by atoms with E-state index in [0.29, 0.717) is 0 Å². The van der Waals surface area contributed by atoms with Crippen molar-refractivity contribution >= 4 is 22.6 Å². The van der Waals surface area contributed by atoms with Crippen molar-refractivity contribution in [2.75, 3.05) is 0 Å². The Hall–Kier alpha value is -0.0600. The second-order valence-corrected chi connectivity index (χ2v) is 7.30. The first-order valence-corrected chi connectivity index (χ1v) is 9.30. The molecular formula is C17H31IN2. The minimum atomic E-state index is 0.268. The maximum Gasteiger partial charge on any atom is 0.171 e. The zero-order chi connectivity index (χ0) is 15.0. The molecule has 1 atom stereocenters. The Balaban J connectivity index is 2.71. The predicted molar refractivity (Wildman–Crippen MR) is 96.2 cm³/mol. The standard InChI is InChI=1S/C17H31IN2/c1-5-7-9-11-13-17(3,12-10-8-6-2)15-14-20(4)16(18)19-15/h14H,5-13H2,1-4H3. The molecule has 1 aromatic heterocycles. The van der Waals surface area contributed by atoms with Crippen LogP contribution in [0.2, 0.25) is 0 Å². The van der Waals surface area contributed by atoms with Gasteiger partial charge in [0.05, 0.1) is 5.69 Å². The lowest BCUT2D eigenvalue weighted by Gasteiger charge is -2.28. The fourth-order valence-corrected chi connectivity index (χ4v) is 3.22. The number of aryl methyl sites for hydroxylation is 1. The van der Waals surface area contributed by atoms with Gasteiger partial charge in [0, 0.05) is 18.7 Å². The average Bonchev–Trinajstić information content (AvgIpc) is 2.76. The maximum atomic E-state index is 4.81. The van der Waals surface area contributed by atoms with Crippen LogP contribution in [0.25, 0.3) is 0 Å². The highest BCUT2D eigenvalue weighted by Gasteiger charge is 2.28. The Labute approximate surface area is 138 Å². The van der Waals surface area contributed by atoms with Crippen molar-refractivity contribution in [2.24, 2.45) is 7.05 Å². The van der Waals surface area contributed by atoms with E-state index in [0.717, 1.165) is 3.83 Å². The molecule has 116 valence electrons. The zero-order valence-electron chi connectivity index (χ0n) is 13.7. The molecule has 0 aliphatic carbocycles. The zero-order valence-corrected chi connectivity index (χ0v) is 15.9. The summed E-state index contributed by atoms with van der Waals surface area (Å²) in [6.07, 6.45) is 14.2. The molecule has 0 fully saturated rings. The van der Waals surface area contributed by atoms with Gasteiger partial charge in [0.15, 0.2) is 3.83 Å². The molecule has 0 N–H and O–H groups in total. The number of halogens is 1. The third-order valence-electron chi connectivity index (χ3n) is 4.35. The molecule has 0 aliphatic rings. The summed E-state index contributed by atoms with van der Waals surface area (Å²) in [6.45, 7) is 6.98.